The maximum atomic E-state index is 13.9. The minimum atomic E-state index is -1.90. The number of nitriles is 1. The Balaban J connectivity index is 1.02. The summed E-state index contributed by atoms with van der Waals surface area (Å²) in [5.74, 6) is 1.06. The van der Waals surface area contributed by atoms with Gasteiger partial charge in [-0.2, -0.15) is 5.26 Å². The number of fused-ring (bicyclic) bond motifs is 4. The van der Waals surface area contributed by atoms with Crippen LogP contribution in [0.25, 0.3) is 22.3 Å². The zero-order valence-electron chi connectivity index (χ0n) is 47.5. The van der Waals surface area contributed by atoms with Crippen molar-refractivity contribution in [2.75, 3.05) is 45.9 Å². The molecule has 428 valence electrons. The molecule has 0 bridgehead atoms. The van der Waals surface area contributed by atoms with E-state index >= 15 is 0 Å². The van der Waals surface area contributed by atoms with Gasteiger partial charge in [0.05, 0.1) is 46.3 Å². The van der Waals surface area contributed by atoms with Crippen molar-refractivity contribution >= 4 is 37.3 Å². The van der Waals surface area contributed by atoms with Gasteiger partial charge in [-0.3, -0.25) is 14.2 Å². The summed E-state index contributed by atoms with van der Waals surface area (Å²) in [6.07, 6.45) is 0.165. The fourth-order valence-corrected chi connectivity index (χ4v) is 13.0. The Bertz CT molecular complexity index is 3390. The first-order valence-corrected chi connectivity index (χ1v) is 29.1. The van der Waals surface area contributed by atoms with Crippen LogP contribution < -0.4 is 20.1 Å². The van der Waals surface area contributed by atoms with Crippen LogP contribution in [0.15, 0.2) is 170 Å². The Morgan fingerprint density at radius 2 is 1.33 bits per heavy atom. The highest BCUT2D eigenvalue weighted by molar-refractivity contribution is 7.44. The van der Waals surface area contributed by atoms with Crippen LogP contribution in [0.5, 0.6) is 11.5 Å². The van der Waals surface area contributed by atoms with Gasteiger partial charge in [-0.25, -0.2) is 19.6 Å². The highest BCUT2D eigenvalue weighted by atomic mass is 31.2. The van der Waals surface area contributed by atoms with E-state index in [1.54, 1.807) is 49.4 Å². The number of nitrogens with one attached hydrogen (secondary N) is 2. The summed E-state index contributed by atoms with van der Waals surface area (Å²) in [6, 6.07) is 53.2. The second-order valence-corrected chi connectivity index (χ2v) is 22.2. The lowest BCUT2D eigenvalue weighted by molar-refractivity contribution is -0.121. The van der Waals surface area contributed by atoms with E-state index < -0.39 is 38.7 Å². The molecule has 17 nitrogen and oxygen atoms in total. The third-order valence-corrected chi connectivity index (χ3v) is 17.1. The number of nitrogens with zero attached hydrogens (tertiary/aromatic N) is 6. The number of hydrogen-bond donors (Lipinski definition) is 2. The number of carbonyl (C=O) groups excluding carboxylic acids is 2. The number of rotatable bonds is 26. The molecule has 1 aliphatic carbocycles. The van der Waals surface area contributed by atoms with Crippen LogP contribution in [0.3, 0.4) is 0 Å². The molecule has 83 heavy (non-hydrogen) atoms. The molecule has 2 aliphatic rings. The monoisotopic (exact) mass is 1140 g/mol. The van der Waals surface area contributed by atoms with Crippen LogP contribution >= 0.6 is 8.53 Å². The fourth-order valence-electron chi connectivity index (χ4n) is 11.2. The highest BCUT2D eigenvalue weighted by Gasteiger charge is 2.52. The molecular weight excluding hydrogens is 1070 g/mol. The molecule has 0 radical (unpaired) electrons. The van der Waals surface area contributed by atoms with Crippen molar-refractivity contribution in [2.24, 2.45) is 0 Å². The summed E-state index contributed by atoms with van der Waals surface area (Å²) < 4.78 is 51.3. The molecular formula is C65H69N8O9P. The van der Waals surface area contributed by atoms with E-state index in [0.29, 0.717) is 47.6 Å². The average Bonchev–Trinajstić information content (AvgIpc) is 4.19. The topological polar surface area (TPSA) is 193 Å². The summed E-state index contributed by atoms with van der Waals surface area (Å²) in [5.41, 5.74) is 6.95. The van der Waals surface area contributed by atoms with E-state index in [0.717, 1.165) is 38.9 Å². The number of amides is 2. The van der Waals surface area contributed by atoms with Gasteiger partial charge in [-0.05, 0) is 109 Å². The van der Waals surface area contributed by atoms with Gasteiger partial charge in [0, 0.05) is 43.1 Å². The summed E-state index contributed by atoms with van der Waals surface area (Å²) in [6.45, 7) is 8.87. The molecule has 1 aliphatic heterocycles. The Hall–Kier alpha value is -7.91. The van der Waals surface area contributed by atoms with Crippen LogP contribution in [-0.2, 0) is 33.7 Å². The van der Waals surface area contributed by atoms with Crippen molar-refractivity contribution in [2.45, 2.75) is 95.1 Å². The van der Waals surface area contributed by atoms with Gasteiger partial charge in [0.25, 0.3) is 14.4 Å². The molecule has 2 amide bonds. The molecule has 18 heteroatoms. The van der Waals surface area contributed by atoms with Crippen LogP contribution in [-0.4, -0.2) is 107 Å². The predicted octanol–water partition coefficient (Wildman–Crippen LogP) is 11.8. The molecule has 0 spiro atoms. The average molecular weight is 1140 g/mol. The molecule has 1 fully saturated rings. The molecule has 8 aromatic rings. The second kappa shape index (κ2) is 27.0. The van der Waals surface area contributed by atoms with Gasteiger partial charge in [-0.15, -0.1) is 0 Å². The molecule has 1 saturated heterocycles. The van der Waals surface area contributed by atoms with E-state index in [1.807, 2.05) is 109 Å². The molecule has 2 aromatic heterocycles. The lowest BCUT2D eigenvalue weighted by atomic mass is 9.80. The molecule has 10 rings (SSSR count). The standard InChI is InChI=1S/C65H69N8O9P/c1-43(2)73(44(3)4)83(80-38-17-35-66)82-59-56(40-79-65(46-21-11-8-12-22-46,47-27-31-49(76-5)32-28-47)48-29-33-50(77-6)34-30-48)81-64(72-42-70-58-61(68-41-69-62(58)72)71-63(75)45-19-9-7-10-20-45)60(59)78-37-18-36-67-57(74)39-55-53-25-15-13-23-51(53)52-24-14-16-26-54(52)55/h7-16,19-34,41-44,55-56,59-60,64H,17-18,36-40H2,1-6H3,(H,67,74)(H,68,69,71,75)/t56-,59-,60-,64-,83?/m1/s1. The highest BCUT2D eigenvalue weighted by Crippen LogP contribution is 2.52. The van der Waals surface area contributed by atoms with Crippen molar-refractivity contribution in [3.63, 3.8) is 0 Å². The number of aromatic nitrogens is 4. The van der Waals surface area contributed by atoms with E-state index in [1.165, 1.54) is 6.33 Å². The molecule has 2 N–H and O–H groups in total. The summed E-state index contributed by atoms with van der Waals surface area (Å²) in [7, 11) is 1.37. The first-order chi connectivity index (χ1) is 40.5. The Morgan fingerprint density at radius 3 is 1.93 bits per heavy atom. The molecule has 0 saturated carbocycles. The zero-order valence-corrected chi connectivity index (χ0v) is 48.4. The van der Waals surface area contributed by atoms with Crippen molar-refractivity contribution in [3.8, 4) is 28.7 Å². The van der Waals surface area contributed by atoms with Crippen LogP contribution in [0.1, 0.15) is 97.3 Å². The number of benzene rings is 6. The van der Waals surface area contributed by atoms with Gasteiger partial charge >= 0.3 is 0 Å². The van der Waals surface area contributed by atoms with E-state index in [2.05, 4.69) is 78.3 Å². The number of ether oxygens (including phenoxy) is 5. The van der Waals surface area contributed by atoms with Crippen LogP contribution in [0.4, 0.5) is 5.82 Å². The number of imidazole rings is 1. The lowest BCUT2D eigenvalue weighted by Gasteiger charge is -2.39. The van der Waals surface area contributed by atoms with E-state index in [-0.39, 0.29) is 61.9 Å². The van der Waals surface area contributed by atoms with Crippen LogP contribution in [0, 0.1) is 11.3 Å². The largest absolute Gasteiger partial charge is 0.497 e. The summed E-state index contributed by atoms with van der Waals surface area (Å²) in [5, 5.41) is 15.9. The van der Waals surface area contributed by atoms with Gasteiger partial charge in [-0.1, -0.05) is 121 Å². The summed E-state index contributed by atoms with van der Waals surface area (Å²) >= 11 is 0. The third-order valence-electron chi connectivity index (χ3n) is 15.0. The molecule has 5 atom stereocenters. The minimum absolute atomic E-state index is 0.0418. The van der Waals surface area contributed by atoms with Gasteiger partial charge in [0.1, 0.15) is 41.7 Å². The Labute approximate surface area is 485 Å². The normalized spacial score (nSPS) is 17.1. The number of carbonyl (C=O) groups is 2. The molecule has 1 unspecified atom stereocenters. The maximum Gasteiger partial charge on any atom is 0.259 e. The third kappa shape index (κ3) is 12.7. The SMILES string of the molecule is COc1ccc(C(OC[C@H]2O[C@@H](n3cnc4c(NC(=O)c5ccccc5)ncnc43)[C@H](OCCCNC(=O)CC3c4ccccc4-c4ccccc43)[C@@H]2OP(OCCC#N)N(C(C)C)C(C)C)(c2ccccc2)c2ccc(OC)cc2)cc1. The van der Waals surface area contributed by atoms with Crippen molar-refractivity contribution in [1.29, 1.82) is 5.26 Å². The van der Waals surface area contributed by atoms with Gasteiger partial charge in [0.2, 0.25) is 5.91 Å². The maximum absolute atomic E-state index is 13.9. The van der Waals surface area contributed by atoms with Crippen molar-refractivity contribution in [1.82, 2.24) is 29.5 Å². The van der Waals surface area contributed by atoms with E-state index in [9.17, 15) is 14.9 Å². The zero-order chi connectivity index (χ0) is 57.9. The predicted molar refractivity (Wildman–Crippen MR) is 318 cm³/mol. The quantitative estimate of drug-likeness (QED) is 0.0295. The van der Waals surface area contributed by atoms with Crippen LogP contribution in [0.2, 0.25) is 0 Å². The van der Waals surface area contributed by atoms with Gasteiger partial charge in [0.15, 0.2) is 23.2 Å². The number of hydrogen-bond acceptors (Lipinski definition) is 14. The Morgan fingerprint density at radius 1 is 0.735 bits per heavy atom. The van der Waals surface area contributed by atoms with Gasteiger partial charge < -0.3 is 43.4 Å². The first kappa shape index (κ1) is 58.3. The molecule has 6 aromatic carbocycles. The number of methoxy groups -OCH3 is 2. The fraction of sp³-hybridized carbons (Fsp3) is 0.323. The Kier molecular flexibility index (Phi) is 19.0. The van der Waals surface area contributed by atoms with Crippen molar-refractivity contribution in [3.05, 3.63) is 204 Å². The second-order valence-electron chi connectivity index (χ2n) is 20.8. The minimum Gasteiger partial charge on any atom is -0.497 e. The molecule has 3 heterocycles. The lowest BCUT2D eigenvalue weighted by Crippen LogP contribution is -2.43. The van der Waals surface area contributed by atoms with E-state index in [4.69, 9.17) is 42.7 Å². The first-order valence-electron chi connectivity index (χ1n) is 28.0. The smallest absolute Gasteiger partial charge is 0.259 e. The van der Waals surface area contributed by atoms with Crippen molar-refractivity contribution < 1.29 is 42.3 Å². The summed E-state index contributed by atoms with van der Waals surface area (Å²) in [4.78, 5) is 41.4. The number of anilines is 1.